The van der Waals surface area contributed by atoms with E-state index in [2.05, 4.69) is 34.8 Å². The van der Waals surface area contributed by atoms with Crippen LogP contribution in [0.4, 0.5) is 0 Å². The van der Waals surface area contributed by atoms with Crippen molar-refractivity contribution in [3.63, 3.8) is 0 Å². The van der Waals surface area contributed by atoms with Crippen LogP contribution in [0.1, 0.15) is 33.1 Å². The van der Waals surface area contributed by atoms with Gasteiger partial charge in [-0.2, -0.15) is 0 Å². The van der Waals surface area contributed by atoms with Gasteiger partial charge >= 0.3 is 0 Å². The first-order valence-electron chi connectivity index (χ1n) is 7.10. The molecule has 0 fully saturated rings. The van der Waals surface area contributed by atoms with Crippen LogP contribution >= 0.6 is 0 Å². The van der Waals surface area contributed by atoms with Gasteiger partial charge in [0, 0.05) is 25.5 Å². The fourth-order valence-corrected chi connectivity index (χ4v) is 2.80. The van der Waals surface area contributed by atoms with Crippen LogP contribution in [0, 0.1) is 11.8 Å². The molecular formula is C15H25N3. The molecule has 0 bridgehead atoms. The molecule has 100 valence electrons. The monoisotopic (exact) mass is 247 g/mol. The summed E-state index contributed by atoms with van der Waals surface area (Å²) in [6, 6.07) is 0. The van der Waals surface area contributed by atoms with E-state index >= 15 is 0 Å². The SMILES string of the molecule is CC1=CCC[C@H](C)[C@@H]1CNCCCn1ccnc1. The summed E-state index contributed by atoms with van der Waals surface area (Å²) in [7, 11) is 0. The van der Waals surface area contributed by atoms with Crippen molar-refractivity contribution in [3.8, 4) is 0 Å². The molecule has 2 atom stereocenters. The van der Waals surface area contributed by atoms with E-state index in [0.717, 1.165) is 31.5 Å². The van der Waals surface area contributed by atoms with Gasteiger partial charge in [-0.15, -0.1) is 0 Å². The molecular weight excluding hydrogens is 222 g/mol. The van der Waals surface area contributed by atoms with Gasteiger partial charge in [-0.1, -0.05) is 18.6 Å². The quantitative estimate of drug-likeness (QED) is 0.619. The fraction of sp³-hybridized carbons (Fsp3) is 0.667. The zero-order valence-electron chi connectivity index (χ0n) is 11.6. The predicted octanol–water partition coefficient (Wildman–Crippen LogP) is 2.86. The molecule has 18 heavy (non-hydrogen) atoms. The summed E-state index contributed by atoms with van der Waals surface area (Å²) in [5.41, 5.74) is 1.58. The molecule has 0 saturated carbocycles. The summed E-state index contributed by atoms with van der Waals surface area (Å²) in [5, 5.41) is 3.60. The topological polar surface area (TPSA) is 29.9 Å². The zero-order chi connectivity index (χ0) is 12.8. The molecule has 0 saturated heterocycles. The Kier molecular flexibility index (Phi) is 5.00. The molecule has 0 radical (unpaired) electrons. The Balaban J connectivity index is 1.63. The van der Waals surface area contributed by atoms with Gasteiger partial charge in [-0.3, -0.25) is 0 Å². The molecule has 1 aliphatic carbocycles. The largest absolute Gasteiger partial charge is 0.337 e. The number of aromatic nitrogens is 2. The summed E-state index contributed by atoms with van der Waals surface area (Å²) < 4.78 is 2.13. The van der Waals surface area contributed by atoms with E-state index < -0.39 is 0 Å². The Morgan fingerprint density at radius 1 is 1.50 bits per heavy atom. The number of aryl methyl sites for hydroxylation is 1. The maximum atomic E-state index is 4.05. The van der Waals surface area contributed by atoms with Crippen LogP contribution in [-0.2, 0) is 6.54 Å². The van der Waals surface area contributed by atoms with E-state index in [4.69, 9.17) is 0 Å². The van der Waals surface area contributed by atoms with Crippen LogP contribution in [-0.4, -0.2) is 22.6 Å². The van der Waals surface area contributed by atoms with Crippen molar-refractivity contribution in [3.05, 3.63) is 30.4 Å². The van der Waals surface area contributed by atoms with Crippen molar-refractivity contribution >= 4 is 0 Å². The molecule has 2 rings (SSSR count). The van der Waals surface area contributed by atoms with Crippen molar-refractivity contribution in [2.75, 3.05) is 13.1 Å². The second kappa shape index (κ2) is 6.74. The van der Waals surface area contributed by atoms with Gasteiger partial charge in [-0.25, -0.2) is 4.98 Å². The fourth-order valence-electron chi connectivity index (χ4n) is 2.80. The highest BCUT2D eigenvalue weighted by molar-refractivity contribution is 5.09. The number of hydrogen-bond donors (Lipinski definition) is 1. The minimum absolute atomic E-state index is 0.743. The van der Waals surface area contributed by atoms with Crippen molar-refractivity contribution < 1.29 is 0 Å². The highest BCUT2D eigenvalue weighted by Gasteiger charge is 2.21. The molecule has 1 aromatic rings. The average Bonchev–Trinajstić information content (AvgIpc) is 2.85. The lowest BCUT2D eigenvalue weighted by molar-refractivity contribution is 0.349. The normalized spacial score (nSPS) is 24.0. The van der Waals surface area contributed by atoms with Crippen LogP contribution in [0.25, 0.3) is 0 Å². The molecule has 1 aromatic heterocycles. The molecule has 3 nitrogen and oxygen atoms in total. The van der Waals surface area contributed by atoms with Crippen LogP contribution in [0.3, 0.4) is 0 Å². The first-order chi connectivity index (χ1) is 8.77. The molecule has 0 spiro atoms. The molecule has 1 heterocycles. The van der Waals surface area contributed by atoms with E-state index in [-0.39, 0.29) is 0 Å². The molecule has 0 amide bonds. The van der Waals surface area contributed by atoms with Gasteiger partial charge in [0.25, 0.3) is 0 Å². The summed E-state index contributed by atoms with van der Waals surface area (Å²) in [6.07, 6.45) is 11.9. The Bertz CT molecular complexity index is 367. The van der Waals surface area contributed by atoms with Gasteiger partial charge in [0.1, 0.15) is 0 Å². The summed E-state index contributed by atoms with van der Waals surface area (Å²) >= 11 is 0. The van der Waals surface area contributed by atoms with Crippen LogP contribution in [0.5, 0.6) is 0 Å². The van der Waals surface area contributed by atoms with Gasteiger partial charge < -0.3 is 9.88 Å². The standard InChI is InChI=1S/C15H25N3/c1-13-5-3-6-14(2)15(13)11-16-7-4-9-18-10-8-17-12-18/h5,8,10,12,14-16H,3-4,6-7,9,11H2,1-2H3/t14-,15+/m0/s1. The Morgan fingerprint density at radius 3 is 3.11 bits per heavy atom. The third-order valence-electron chi connectivity index (χ3n) is 4.05. The number of allylic oxidation sites excluding steroid dienone is 1. The summed E-state index contributed by atoms with van der Waals surface area (Å²) in [5.74, 6) is 1.57. The van der Waals surface area contributed by atoms with Crippen LogP contribution in [0.2, 0.25) is 0 Å². The summed E-state index contributed by atoms with van der Waals surface area (Å²) in [4.78, 5) is 4.05. The Hall–Kier alpha value is -1.09. The lowest BCUT2D eigenvalue weighted by atomic mass is 9.80. The lowest BCUT2D eigenvalue weighted by Crippen LogP contribution is -2.30. The van der Waals surface area contributed by atoms with Gasteiger partial charge in [0.2, 0.25) is 0 Å². The van der Waals surface area contributed by atoms with Crippen molar-refractivity contribution in [2.24, 2.45) is 11.8 Å². The maximum absolute atomic E-state index is 4.05. The lowest BCUT2D eigenvalue weighted by Gasteiger charge is -2.29. The third-order valence-corrected chi connectivity index (χ3v) is 4.05. The second-order valence-corrected chi connectivity index (χ2v) is 5.47. The molecule has 3 heteroatoms. The molecule has 1 N–H and O–H groups in total. The van der Waals surface area contributed by atoms with E-state index in [0.29, 0.717) is 0 Å². The van der Waals surface area contributed by atoms with Gasteiger partial charge in [0.05, 0.1) is 6.33 Å². The minimum atomic E-state index is 0.743. The van der Waals surface area contributed by atoms with E-state index in [1.54, 1.807) is 5.57 Å². The molecule has 0 unspecified atom stereocenters. The molecule has 0 aromatic carbocycles. The minimum Gasteiger partial charge on any atom is -0.337 e. The van der Waals surface area contributed by atoms with E-state index in [1.165, 1.54) is 19.3 Å². The Labute approximate surface area is 110 Å². The first-order valence-corrected chi connectivity index (χ1v) is 7.10. The second-order valence-electron chi connectivity index (χ2n) is 5.47. The molecule has 1 aliphatic rings. The third kappa shape index (κ3) is 3.70. The maximum Gasteiger partial charge on any atom is 0.0945 e. The Morgan fingerprint density at radius 2 is 2.39 bits per heavy atom. The highest BCUT2D eigenvalue weighted by Crippen LogP contribution is 2.29. The van der Waals surface area contributed by atoms with Crippen molar-refractivity contribution in [2.45, 2.75) is 39.7 Å². The van der Waals surface area contributed by atoms with Crippen molar-refractivity contribution in [1.82, 2.24) is 14.9 Å². The first kappa shape index (κ1) is 13.3. The average molecular weight is 247 g/mol. The van der Waals surface area contributed by atoms with Crippen LogP contribution < -0.4 is 5.32 Å². The highest BCUT2D eigenvalue weighted by atomic mass is 15.0. The number of nitrogens with one attached hydrogen (secondary N) is 1. The number of nitrogens with zero attached hydrogens (tertiary/aromatic N) is 2. The van der Waals surface area contributed by atoms with Gasteiger partial charge in [-0.05, 0) is 44.6 Å². The van der Waals surface area contributed by atoms with Gasteiger partial charge in [0.15, 0.2) is 0 Å². The molecule has 0 aliphatic heterocycles. The van der Waals surface area contributed by atoms with Crippen molar-refractivity contribution in [1.29, 1.82) is 0 Å². The number of rotatable bonds is 6. The van der Waals surface area contributed by atoms with Crippen LogP contribution in [0.15, 0.2) is 30.4 Å². The van der Waals surface area contributed by atoms with E-state index in [9.17, 15) is 0 Å². The number of hydrogen-bond acceptors (Lipinski definition) is 2. The number of imidazole rings is 1. The smallest absolute Gasteiger partial charge is 0.0945 e. The summed E-state index contributed by atoms with van der Waals surface area (Å²) in [6.45, 7) is 7.95. The van der Waals surface area contributed by atoms with E-state index in [1.807, 2.05) is 18.7 Å². The zero-order valence-corrected chi connectivity index (χ0v) is 11.6. The predicted molar refractivity (Wildman–Crippen MR) is 75.4 cm³/mol.